The van der Waals surface area contributed by atoms with E-state index in [0.29, 0.717) is 6.54 Å². The number of guanidine groups is 1. The smallest absolute Gasteiger partial charge is 0.221 e. The third-order valence-electron chi connectivity index (χ3n) is 4.91. The highest BCUT2D eigenvalue weighted by molar-refractivity contribution is 14.0. The van der Waals surface area contributed by atoms with Gasteiger partial charge in [0.2, 0.25) is 5.91 Å². The van der Waals surface area contributed by atoms with Crippen LogP contribution in [0.3, 0.4) is 0 Å². The Labute approximate surface area is 196 Å². The molecule has 0 aromatic heterocycles. The molecule has 1 amide bonds. The predicted octanol–water partition coefficient (Wildman–Crippen LogP) is 3.55. The summed E-state index contributed by atoms with van der Waals surface area (Å²) in [5, 5.41) is 6.25. The Kier molecular flexibility index (Phi) is 10.1. The number of anilines is 1. The summed E-state index contributed by atoms with van der Waals surface area (Å²) in [6.45, 7) is 10.0. The van der Waals surface area contributed by atoms with Gasteiger partial charge in [0.1, 0.15) is 0 Å². The number of benzene rings is 2. The van der Waals surface area contributed by atoms with Gasteiger partial charge in [-0.1, -0.05) is 42.5 Å². The summed E-state index contributed by atoms with van der Waals surface area (Å²) < 4.78 is 0. The van der Waals surface area contributed by atoms with Crippen LogP contribution in [0, 0.1) is 0 Å². The maximum absolute atomic E-state index is 11.3. The van der Waals surface area contributed by atoms with Crippen LogP contribution in [0.15, 0.2) is 59.6 Å². The zero-order valence-electron chi connectivity index (χ0n) is 17.8. The standard InChI is InChI=1S/C23H31N5O.HI/c1-3-24-23(25-17-21-10-7-11-22(16-21)26-19(2)29)28-14-12-27(13-15-28)18-20-8-5-4-6-9-20;/h4-11,16H,3,12-15,17-18H2,1-2H3,(H,24,25)(H,26,29);1H. The number of nitrogens with zero attached hydrogens (tertiary/aromatic N) is 3. The van der Waals surface area contributed by atoms with Crippen LogP contribution < -0.4 is 10.6 Å². The minimum absolute atomic E-state index is 0. The summed E-state index contributed by atoms with van der Waals surface area (Å²) >= 11 is 0. The quantitative estimate of drug-likeness (QED) is 0.347. The van der Waals surface area contributed by atoms with Gasteiger partial charge in [-0.25, -0.2) is 4.99 Å². The molecule has 2 aromatic carbocycles. The van der Waals surface area contributed by atoms with Crippen LogP contribution in [0.1, 0.15) is 25.0 Å². The van der Waals surface area contributed by atoms with Gasteiger partial charge in [-0.2, -0.15) is 0 Å². The third-order valence-corrected chi connectivity index (χ3v) is 4.91. The van der Waals surface area contributed by atoms with Crippen molar-refractivity contribution in [3.63, 3.8) is 0 Å². The Balaban J connectivity index is 0.00000320. The fourth-order valence-corrected chi connectivity index (χ4v) is 3.50. The molecule has 0 spiro atoms. The SMILES string of the molecule is CCNC(=NCc1cccc(NC(C)=O)c1)N1CCN(Cc2ccccc2)CC1.I. The van der Waals surface area contributed by atoms with E-state index < -0.39 is 0 Å². The second-order valence-electron chi connectivity index (χ2n) is 7.30. The summed E-state index contributed by atoms with van der Waals surface area (Å²) in [5.41, 5.74) is 3.25. The Hall–Kier alpha value is -2.13. The highest BCUT2D eigenvalue weighted by atomic mass is 127. The van der Waals surface area contributed by atoms with Crippen molar-refractivity contribution < 1.29 is 4.79 Å². The number of aliphatic imine (C=N–C) groups is 1. The van der Waals surface area contributed by atoms with Crippen LogP contribution in [0.5, 0.6) is 0 Å². The molecule has 0 radical (unpaired) electrons. The van der Waals surface area contributed by atoms with Gasteiger partial charge < -0.3 is 15.5 Å². The predicted molar refractivity (Wildman–Crippen MR) is 134 cm³/mol. The van der Waals surface area contributed by atoms with Gasteiger partial charge in [0.05, 0.1) is 6.54 Å². The number of carbonyl (C=O) groups is 1. The van der Waals surface area contributed by atoms with Crippen molar-refractivity contribution in [1.82, 2.24) is 15.1 Å². The van der Waals surface area contributed by atoms with Crippen LogP contribution in [0.2, 0.25) is 0 Å². The normalized spacial score (nSPS) is 14.7. The van der Waals surface area contributed by atoms with Crippen molar-refractivity contribution in [2.75, 3.05) is 38.0 Å². The number of piperazine rings is 1. The van der Waals surface area contributed by atoms with Crippen molar-refractivity contribution in [3.05, 3.63) is 65.7 Å². The van der Waals surface area contributed by atoms with E-state index in [2.05, 4.69) is 57.7 Å². The van der Waals surface area contributed by atoms with Crippen molar-refractivity contribution >= 4 is 41.5 Å². The Bertz CT molecular complexity index is 819. The molecule has 0 bridgehead atoms. The molecule has 1 heterocycles. The molecule has 1 fully saturated rings. The maximum Gasteiger partial charge on any atom is 0.221 e. The van der Waals surface area contributed by atoms with Gasteiger partial charge in [-0.3, -0.25) is 9.69 Å². The largest absolute Gasteiger partial charge is 0.357 e. The maximum atomic E-state index is 11.3. The molecule has 1 saturated heterocycles. The van der Waals surface area contributed by atoms with Gasteiger partial charge in [-0.15, -0.1) is 24.0 Å². The molecular formula is C23H32IN5O. The van der Waals surface area contributed by atoms with E-state index in [4.69, 9.17) is 4.99 Å². The number of rotatable bonds is 6. The van der Waals surface area contributed by atoms with E-state index in [1.807, 2.05) is 24.3 Å². The Morgan fingerprint density at radius 2 is 1.70 bits per heavy atom. The third kappa shape index (κ3) is 7.60. The molecule has 0 atom stereocenters. The molecule has 7 heteroatoms. The fraction of sp³-hybridized carbons (Fsp3) is 0.391. The van der Waals surface area contributed by atoms with E-state index in [9.17, 15) is 4.79 Å². The molecule has 1 aliphatic heterocycles. The molecule has 30 heavy (non-hydrogen) atoms. The van der Waals surface area contributed by atoms with Crippen LogP contribution in [0.25, 0.3) is 0 Å². The summed E-state index contributed by atoms with van der Waals surface area (Å²) in [6, 6.07) is 18.5. The summed E-state index contributed by atoms with van der Waals surface area (Å²) in [5.74, 6) is 0.893. The molecule has 6 nitrogen and oxygen atoms in total. The van der Waals surface area contributed by atoms with E-state index in [1.165, 1.54) is 12.5 Å². The first-order chi connectivity index (χ1) is 14.1. The lowest BCUT2D eigenvalue weighted by molar-refractivity contribution is -0.114. The average Bonchev–Trinajstić information content (AvgIpc) is 2.72. The number of nitrogens with one attached hydrogen (secondary N) is 2. The number of hydrogen-bond donors (Lipinski definition) is 2. The molecule has 0 saturated carbocycles. The van der Waals surface area contributed by atoms with Crippen LogP contribution >= 0.6 is 24.0 Å². The highest BCUT2D eigenvalue weighted by Crippen LogP contribution is 2.13. The number of carbonyl (C=O) groups excluding carboxylic acids is 1. The first-order valence-corrected chi connectivity index (χ1v) is 10.3. The fourth-order valence-electron chi connectivity index (χ4n) is 3.50. The average molecular weight is 521 g/mol. The first kappa shape index (κ1) is 24.1. The minimum Gasteiger partial charge on any atom is -0.357 e. The summed E-state index contributed by atoms with van der Waals surface area (Å²) in [7, 11) is 0. The van der Waals surface area contributed by atoms with Gasteiger partial charge in [0.15, 0.2) is 5.96 Å². The monoisotopic (exact) mass is 521 g/mol. The Morgan fingerprint density at radius 3 is 2.37 bits per heavy atom. The van der Waals surface area contributed by atoms with E-state index >= 15 is 0 Å². The molecule has 2 aromatic rings. The topological polar surface area (TPSA) is 60.0 Å². The molecule has 0 aliphatic carbocycles. The summed E-state index contributed by atoms with van der Waals surface area (Å²) in [6.07, 6.45) is 0. The molecule has 0 unspecified atom stereocenters. The lowest BCUT2D eigenvalue weighted by Gasteiger charge is -2.36. The van der Waals surface area contributed by atoms with E-state index in [0.717, 1.165) is 56.5 Å². The highest BCUT2D eigenvalue weighted by Gasteiger charge is 2.19. The number of amides is 1. The van der Waals surface area contributed by atoms with Gasteiger partial charge in [0, 0.05) is 51.9 Å². The van der Waals surface area contributed by atoms with Crippen LogP contribution in [0.4, 0.5) is 5.69 Å². The van der Waals surface area contributed by atoms with E-state index in [1.54, 1.807) is 0 Å². The zero-order valence-corrected chi connectivity index (χ0v) is 20.1. The van der Waals surface area contributed by atoms with Crippen LogP contribution in [-0.2, 0) is 17.9 Å². The van der Waals surface area contributed by atoms with Crippen molar-refractivity contribution in [2.24, 2.45) is 4.99 Å². The van der Waals surface area contributed by atoms with Gasteiger partial charge in [0.25, 0.3) is 0 Å². The van der Waals surface area contributed by atoms with E-state index in [-0.39, 0.29) is 29.9 Å². The lowest BCUT2D eigenvalue weighted by atomic mass is 10.2. The molecule has 2 N–H and O–H groups in total. The van der Waals surface area contributed by atoms with Gasteiger partial charge in [-0.05, 0) is 30.2 Å². The zero-order chi connectivity index (χ0) is 20.5. The van der Waals surface area contributed by atoms with Crippen molar-refractivity contribution in [2.45, 2.75) is 26.9 Å². The molecule has 3 rings (SSSR count). The second-order valence-corrected chi connectivity index (χ2v) is 7.30. The van der Waals surface area contributed by atoms with Crippen LogP contribution in [-0.4, -0.2) is 54.4 Å². The first-order valence-electron chi connectivity index (χ1n) is 10.3. The molecular weight excluding hydrogens is 489 g/mol. The number of halogens is 1. The minimum atomic E-state index is -0.0626. The lowest BCUT2D eigenvalue weighted by Crippen LogP contribution is -2.52. The molecule has 162 valence electrons. The second kappa shape index (κ2) is 12.5. The van der Waals surface area contributed by atoms with Crippen molar-refractivity contribution in [1.29, 1.82) is 0 Å². The number of hydrogen-bond acceptors (Lipinski definition) is 3. The Morgan fingerprint density at radius 1 is 1.00 bits per heavy atom. The van der Waals surface area contributed by atoms with Gasteiger partial charge >= 0.3 is 0 Å². The summed E-state index contributed by atoms with van der Waals surface area (Å²) in [4.78, 5) is 20.9. The van der Waals surface area contributed by atoms with Crippen molar-refractivity contribution in [3.8, 4) is 0 Å². The molecule has 1 aliphatic rings.